The lowest BCUT2D eigenvalue weighted by molar-refractivity contribution is 0.102. The lowest BCUT2D eigenvalue weighted by atomic mass is 10.2. The third-order valence-corrected chi connectivity index (χ3v) is 2.08. The number of carbonyl (C=O) groups excluding carboxylic acids is 1. The molecule has 0 saturated heterocycles. The molecule has 1 amide bonds. The Bertz CT molecular complexity index is 562. The smallest absolute Gasteiger partial charge is 0.260 e. The van der Waals surface area contributed by atoms with Crippen LogP contribution < -0.4 is 16.6 Å². The topological polar surface area (TPSA) is 106 Å². The van der Waals surface area contributed by atoms with Crippen molar-refractivity contribution in [3.63, 3.8) is 0 Å². The van der Waals surface area contributed by atoms with Crippen LogP contribution >= 0.6 is 0 Å². The zero-order valence-electron chi connectivity index (χ0n) is 9.09. The minimum absolute atomic E-state index is 0.191. The molecule has 0 spiro atoms. The van der Waals surface area contributed by atoms with E-state index in [1.165, 1.54) is 24.5 Å². The van der Waals surface area contributed by atoms with Crippen LogP contribution in [0.15, 0.2) is 30.6 Å². The van der Waals surface area contributed by atoms with Crippen molar-refractivity contribution in [1.82, 2.24) is 15.2 Å². The number of carbonyl (C=O) groups is 1. The number of nitrogens with one attached hydrogen (secondary N) is 2. The monoisotopic (exact) mass is 248 g/mol. The molecule has 8 heteroatoms. The Morgan fingerprint density at radius 2 is 2.17 bits per heavy atom. The van der Waals surface area contributed by atoms with Crippen molar-refractivity contribution in [2.24, 2.45) is 5.84 Å². The Kier molecular flexibility index (Phi) is 3.39. The number of amides is 1. The third-order valence-electron chi connectivity index (χ3n) is 2.08. The van der Waals surface area contributed by atoms with E-state index < -0.39 is 11.7 Å². The summed E-state index contributed by atoms with van der Waals surface area (Å²) in [5.41, 5.74) is 1.87. The van der Waals surface area contributed by atoms with E-state index in [0.29, 0.717) is 0 Å². The maximum Gasteiger partial charge on any atom is 0.260 e. The Morgan fingerprint density at radius 1 is 1.33 bits per heavy atom. The summed E-state index contributed by atoms with van der Waals surface area (Å²) >= 11 is 0. The molecule has 2 aromatic rings. The summed E-state index contributed by atoms with van der Waals surface area (Å²) < 4.78 is 13.7. The fraction of sp³-hybridized carbons (Fsp3) is 0. The minimum Gasteiger partial charge on any atom is -0.306 e. The number of aromatic nitrogens is 3. The van der Waals surface area contributed by atoms with Gasteiger partial charge < -0.3 is 10.7 Å². The van der Waals surface area contributed by atoms with E-state index in [4.69, 9.17) is 5.84 Å². The first-order valence-corrected chi connectivity index (χ1v) is 4.92. The first-order chi connectivity index (χ1) is 8.72. The molecule has 0 aliphatic heterocycles. The van der Waals surface area contributed by atoms with Crippen LogP contribution in [0.5, 0.6) is 0 Å². The highest BCUT2D eigenvalue weighted by atomic mass is 19.1. The zero-order chi connectivity index (χ0) is 13.0. The Hall–Kier alpha value is -2.61. The molecular weight excluding hydrogens is 239 g/mol. The maximum absolute atomic E-state index is 13.7. The number of anilines is 2. The fourth-order valence-corrected chi connectivity index (χ4v) is 1.27. The molecule has 0 bridgehead atoms. The van der Waals surface area contributed by atoms with Gasteiger partial charge in [0.15, 0.2) is 17.5 Å². The van der Waals surface area contributed by atoms with Gasteiger partial charge in [-0.1, -0.05) is 0 Å². The van der Waals surface area contributed by atoms with Crippen LogP contribution in [0.3, 0.4) is 0 Å². The molecule has 92 valence electrons. The first kappa shape index (κ1) is 11.9. The number of rotatable bonds is 3. The summed E-state index contributed by atoms with van der Waals surface area (Å²) in [6, 6.07) is 4.37. The molecule has 0 aromatic carbocycles. The maximum atomic E-state index is 13.7. The summed E-state index contributed by atoms with van der Waals surface area (Å²) in [6.45, 7) is 0. The van der Waals surface area contributed by atoms with Crippen LogP contribution in [0.2, 0.25) is 0 Å². The van der Waals surface area contributed by atoms with Crippen LogP contribution in [-0.2, 0) is 0 Å². The second-order valence-corrected chi connectivity index (χ2v) is 3.23. The highest BCUT2D eigenvalue weighted by Gasteiger charge is 2.16. The van der Waals surface area contributed by atoms with Crippen molar-refractivity contribution in [1.29, 1.82) is 0 Å². The van der Waals surface area contributed by atoms with Crippen LogP contribution in [0.1, 0.15) is 10.4 Å². The van der Waals surface area contributed by atoms with E-state index in [0.717, 1.165) is 0 Å². The molecule has 0 fully saturated rings. The van der Waals surface area contributed by atoms with Crippen molar-refractivity contribution >= 4 is 17.5 Å². The average molecular weight is 248 g/mol. The van der Waals surface area contributed by atoms with Gasteiger partial charge in [-0.05, 0) is 18.2 Å². The second kappa shape index (κ2) is 5.15. The van der Waals surface area contributed by atoms with Gasteiger partial charge in [-0.2, -0.15) is 5.10 Å². The fourth-order valence-electron chi connectivity index (χ4n) is 1.27. The molecule has 2 rings (SSSR count). The number of hydrogen-bond acceptors (Lipinski definition) is 6. The number of hydrogen-bond donors (Lipinski definition) is 3. The number of hydrazine groups is 1. The summed E-state index contributed by atoms with van der Waals surface area (Å²) in [5, 5.41) is 9.64. The van der Waals surface area contributed by atoms with E-state index in [1.54, 1.807) is 6.07 Å². The van der Waals surface area contributed by atoms with Crippen molar-refractivity contribution < 1.29 is 9.18 Å². The van der Waals surface area contributed by atoms with Crippen LogP contribution in [0, 0.1) is 5.82 Å². The zero-order valence-corrected chi connectivity index (χ0v) is 9.09. The van der Waals surface area contributed by atoms with E-state index in [2.05, 4.69) is 25.9 Å². The lowest BCUT2D eigenvalue weighted by Crippen LogP contribution is -2.18. The number of halogens is 1. The molecule has 0 saturated carbocycles. The van der Waals surface area contributed by atoms with Gasteiger partial charge in [0.1, 0.15) is 0 Å². The first-order valence-electron chi connectivity index (χ1n) is 4.92. The number of nitrogens with two attached hydrogens (primary N) is 1. The Labute approximate surface area is 101 Å². The molecular formula is C10H9FN6O. The lowest BCUT2D eigenvalue weighted by Gasteiger charge is -2.06. The van der Waals surface area contributed by atoms with Gasteiger partial charge in [-0.15, -0.1) is 5.10 Å². The van der Waals surface area contributed by atoms with Crippen LogP contribution in [0.25, 0.3) is 0 Å². The molecule has 2 heterocycles. The van der Waals surface area contributed by atoms with E-state index >= 15 is 0 Å². The largest absolute Gasteiger partial charge is 0.306 e. The number of nitrogens with zero attached hydrogens (tertiary/aromatic N) is 3. The standard InChI is InChI=1S/C10H9FN6O/c11-8-6(3-5-13-9(8)16-12)10(18)15-7-2-1-4-14-17-7/h1-5H,12H2,(H,13,16)(H,15,17,18). The molecule has 18 heavy (non-hydrogen) atoms. The normalized spacial score (nSPS) is 9.89. The van der Waals surface area contributed by atoms with Gasteiger partial charge in [0, 0.05) is 12.4 Å². The predicted octanol–water partition coefficient (Wildman–Crippen LogP) is 0.549. The molecule has 2 aromatic heterocycles. The van der Waals surface area contributed by atoms with Gasteiger partial charge >= 0.3 is 0 Å². The summed E-state index contributed by atoms with van der Waals surface area (Å²) in [4.78, 5) is 15.4. The van der Waals surface area contributed by atoms with Gasteiger partial charge in [0.2, 0.25) is 0 Å². The van der Waals surface area contributed by atoms with E-state index in [-0.39, 0.29) is 17.2 Å². The van der Waals surface area contributed by atoms with Crippen LogP contribution in [-0.4, -0.2) is 21.1 Å². The molecule has 7 nitrogen and oxygen atoms in total. The Balaban J connectivity index is 2.24. The summed E-state index contributed by atoms with van der Waals surface area (Å²) in [7, 11) is 0. The van der Waals surface area contributed by atoms with E-state index in [1.807, 2.05) is 0 Å². The highest BCUT2D eigenvalue weighted by Crippen LogP contribution is 2.15. The van der Waals surface area contributed by atoms with E-state index in [9.17, 15) is 9.18 Å². The minimum atomic E-state index is -0.832. The average Bonchev–Trinajstić information content (AvgIpc) is 2.40. The van der Waals surface area contributed by atoms with Crippen molar-refractivity contribution in [2.45, 2.75) is 0 Å². The molecule has 0 atom stereocenters. The summed E-state index contributed by atoms with van der Waals surface area (Å²) in [6.07, 6.45) is 2.73. The van der Waals surface area contributed by atoms with Gasteiger partial charge in [0.25, 0.3) is 5.91 Å². The van der Waals surface area contributed by atoms with Gasteiger partial charge in [-0.25, -0.2) is 15.2 Å². The van der Waals surface area contributed by atoms with Crippen molar-refractivity contribution in [2.75, 3.05) is 10.7 Å². The van der Waals surface area contributed by atoms with Crippen LogP contribution in [0.4, 0.5) is 16.0 Å². The highest BCUT2D eigenvalue weighted by molar-refractivity contribution is 6.04. The van der Waals surface area contributed by atoms with Gasteiger partial charge in [0.05, 0.1) is 5.56 Å². The SMILES string of the molecule is NNc1nccc(C(=O)Nc2cccnn2)c1F. The predicted molar refractivity (Wildman–Crippen MR) is 62.0 cm³/mol. The van der Waals surface area contributed by atoms with Crippen molar-refractivity contribution in [3.8, 4) is 0 Å². The molecule has 0 aliphatic carbocycles. The second-order valence-electron chi connectivity index (χ2n) is 3.23. The molecule has 0 unspecified atom stereocenters. The number of pyridine rings is 1. The van der Waals surface area contributed by atoms with Gasteiger partial charge in [-0.3, -0.25) is 4.79 Å². The number of nitrogen functional groups attached to an aromatic ring is 1. The summed E-state index contributed by atoms with van der Waals surface area (Å²) in [5.74, 6) is 3.59. The third kappa shape index (κ3) is 2.38. The molecule has 0 aliphatic rings. The molecule has 0 radical (unpaired) electrons. The Morgan fingerprint density at radius 3 is 2.83 bits per heavy atom. The molecule has 4 N–H and O–H groups in total. The quantitative estimate of drug-likeness (QED) is 0.541. The van der Waals surface area contributed by atoms with Crippen molar-refractivity contribution in [3.05, 3.63) is 42.0 Å².